The first-order valence-electron chi connectivity index (χ1n) is 47.1. The van der Waals surface area contributed by atoms with Crippen molar-refractivity contribution in [3.8, 4) is 0 Å². The van der Waals surface area contributed by atoms with Crippen LogP contribution in [0.3, 0.4) is 0 Å². The van der Waals surface area contributed by atoms with Gasteiger partial charge in [-0.2, -0.15) is 0 Å². The van der Waals surface area contributed by atoms with Crippen LogP contribution in [0.15, 0.2) is 0 Å². The highest BCUT2D eigenvalue weighted by atomic mass is 16.2. The van der Waals surface area contributed by atoms with E-state index >= 15 is 0 Å². The molecule has 119 heavy (non-hydrogen) atoms. The summed E-state index contributed by atoms with van der Waals surface area (Å²) in [5.41, 5.74) is 45.3. The lowest BCUT2D eigenvalue weighted by molar-refractivity contribution is -0.129. The average molecular weight is 1690 g/mol. The topological polar surface area (TPSA) is 545 Å². The summed E-state index contributed by atoms with van der Waals surface area (Å²) in [7, 11) is 0. The Bertz CT molecular complexity index is 2620. The molecule has 0 aliphatic rings. The average Bonchev–Trinajstić information content (AvgIpc) is 0.953. The number of hydrogen-bond acceptors (Lipinski definition) is 19. The van der Waals surface area contributed by atoms with Crippen LogP contribution in [0.5, 0.6) is 0 Å². The molecule has 0 saturated carbocycles. The third-order valence-electron chi connectivity index (χ3n) is 21.6. The lowest BCUT2D eigenvalue weighted by Gasteiger charge is -2.19. The van der Waals surface area contributed by atoms with Crippen molar-refractivity contribution in [3.63, 3.8) is 0 Å². The van der Waals surface area contributed by atoms with Crippen LogP contribution in [0.25, 0.3) is 0 Å². The van der Waals surface area contributed by atoms with E-state index in [-0.39, 0.29) is 77.8 Å². The van der Waals surface area contributed by atoms with Gasteiger partial charge in [0.1, 0.15) is 36.3 Å². The minimum Gasteiger partial charge on any atom is -0.368 e. The highest BCUT2D eigenvalue weighted by Gasteiger charge is 2.26. The molecule has 0 aliphatic heterocycles. The molecule has 0 bridgehead atoms. The second kappa shape index (κ2) is 82.3. The van der Waals surface area contributed by atoms with Crippen molar-refractivity contribution in [3.05, 3.63) is 0 Å². The minimum absolute atomic E-state index is 0.0837. The van der Waals surface area contributed by atoms with Gasteiger partial charge in [-0.25, -0.2) is 0 Å². The zero-order valence-corrected chi connectivity index (χ0v) is 74.0. The standard InChI is InChI=1S/C88H173N19O12/c89-59-35-17-5-3-1-2-4-11-23-54-78(109)103-72(48-30-37-61-91)84(115)98-67-43-19-7-13-25-56-80(111)105-74(50-32-39-63-93)86(117)100-69-45-21-9-15-27-58-82(113)107-76(52-34-41-65-95)88(119)101-70-46-22-10-16-28-57-81(112)106-75(51-33-40-64-94)87(118)99-68-44-20-8-14-26-55-79(110)104-73(49-31-38-62-92)85(116)97-66-42-18-6-12-24-53-77(108)102-71(83(96)114)47-29-36-60-90/h71-76H,1-70,89-95H2,(H2,96,114)(H,97,116)(H,98,115)(H,99,118)(H,100,117)(H,101,119)(H,102,108)(H,103,109)(H,104,110)(H,105,111)(H,106,112)(H,107,113)/t71-,72-,73-,74-,75-,76-/m0/s1. The maximum absolute atomic E-state index is 13.3. The molecule has 31 nitrogen and oxygen atoms in total. The molecular formula is C88H173N19O12. The lowest BCUT2D eigenvalue weighted by Crippen LogP contribution is -2.47. The molecule has 0 aromatic heterocycles. The van der Waals surface area contributed by atoms with Gasteiger partial charge in [0.05, 0.1) is 0 Å². The summed E-state index contributed by atoms with van der Waals surface area (Å²) < 4.78 is 0. The SMILES string of the molecule is NCCCCCCCCCCCC(=O)N[C@@H](CCCCN)C(=O)NCCCCCCCC(=O)N[C@@H](CCCCN)C(=O)NCCCCCCCC(=O)N[C@@H](CCCCN)C(=O)NCCCCCCCC(=O)N[C@@H](CCCCN)C(=O)NCCCCCCCC(=O)N[C@@H](CCCCN)C(=O)NCCCCCCCC(=O)N[C@@H](CCCCN)C(N)=O. The van der Waals surface area contributed by atoms with Crippen LogP contribution in [-0.2, 0) is 57.5 Å². The summed E-state index contributed by atoms with van der Waals surface area (Å²) >= 11 is 0. The molecule has 6 atom stereocenters. The van der Waals surface area contributed by atoms with Crippen LogP contribution < -0.4 is 104 Å². The summed E-state index contributed by atoms with van der Waals surface area (Å²) in [6, 6.07) is -3.86. The predicted octanol–water partition coefficient (Wildman–Crippen LogP) is 7.30. The van der Waals surface area contributed by atoms with E-state index in [2.05, 4.69) is 58.5 Å². The third kappa shape index (κ3) is 69.6. The van der Waals surface area contributed by atoms with Crippen molar-refractivity contribution in [2.45, 2.75) is 409 Å². The predicted molar refractivity (Wildman–Crippen MR) is 477 cm³/mol. The highest BCUT2D eigenvalue weighted by Crippen LogP contribution is 2.16. The fraction of sp³-hybridized carbons (Fsp3) is 0.864. The highest BCUT2D eigenvalue weighted by molar-refractivity contribution is 5.90. The van der Waals surface area contributed by atoms with E-state index < -0.39 is 42.2 Å². The first-order valence-corrected chi connectivity index (χ1v) is 47.1. The Kier molecular flexibility index (Phi) is 77.7. The Hall–Kier alpha value is -6.64. The maximum atomic E-state index is 13.3. The Labute approximate surface area is 716 Å². The van der Waals surface area contributed by atoms with Crippen molar-refractivity contribution in [1.29, 1.82) is 0 Å². The summed E-state index contributed by atoms with van der Waals surface area (Å²) in [5, 5.41) is 32.5. The first-order chi connectivity index (χ1) is 57.8. The molecule has 0 fully saturated rings. The van der Waals surface area contributed by atoms with Crippen molar-refractivity contribution < 1.29 is 57.5 Å². The molecule has 12 amide bonds. The summed E-state index contributed by atoms with van der Waals surface area (Å²) in [4.78, 5) is 155. The van der Waals surface area contributed by atoms with Gasteiger partial charge in [-0.05, 0) is 238 Å². The van der Waals surface area contributed by atoms with Gasteiger partial charge in [0, 0.05) is 71.2 Å². The normalized spacial score (nSPS) is 12.7. The van der Waals surface area contributed by atoms with Gasteiger partial charge in [0.25, 0.3) is 0 Å². The summed E-state index contributed by atoms with van der Waals surface area (Å²) in [6.07, 6.45) is 43.7. The van der Waals surface area contributed by atoms with Gasteiger partial charge in [-0.1, -0.05) is 141 Å². The van der Waals surface area contributed by atoms with Crippen molar-refractivity contribution in [1.82, 2.24) is 58.5 Å². The Morgan fingerprint density at radius 2 is 0.303 bits per heavy atom. The van der Waals surface area contributed by atoms with Crippen LogP contribution in [0.4, 0.5) is 0 Å². The molecule has 0 rings (SSSR count). The zero-order valence-electron chi connectivity index (χ0n) is 74.0. The van der Waals surface area contributed by atoms with E-state index in [9.17, 15) is 57.5 Å². The number of carbonyl (C=O) groups excluding carboxylic acids is 12. The molecule has 31 heteroatoms. The quantitative estimate of drug-likeness (QED) is 0.0266. The van der Waals surface area contributed by atoms with Crippen LogP contribution >= 0.6 is 0 Å². The van der Waals surface area contributed by atoms with Crippen LogP contribution in [0.2, 0.25) is 0 Å². The van der Waals surface area contributed by atoms with Crippen LogP contribution in [0, 0.1) is 0 Å². The van der Waals surface area contributed by atoms with Gasteiger partial charge in [-0.15, -0.1) is 0 Å². The Morgan fingerprint density at radius 3 is 0.471 bits per heavy atom. The van der Waals surface area contributed by atoms with Gasteiger partial charge < -0.3 is 104 Å². The molecule has 692 valence electrons. The third-order valence-corrected chi connectivity index (χ3v) is 21.6. The molecular weight excluding hydrogens is 1520 g/mol. The van der Waals surface area contributed by atoms with Gasteiger partial charge >= 0.3 is 0 Å². The number of primary amides is 1. The summed E-state index contributed by atoms with van der Waals surface area (Å²) in [6.45, 7) is 6.15. The number of unbranched alkanes of at least 4 members (excludes halogenated alkanes) is 34. The van der Waals surface area contributed by atoms with Gasteiger partial charge in [0.15, 0.2) is 0 Å². The van der Waals surface area contributed by atoms with Gasteiger partial charge in [-0.3, -0.25) is 57.5 Å². The summed E-state index contributed by atoms with van der Waals surface area (Å²) in [5.74, 6) is -2.53. The fourth-order valence-corrected chi connectivity index (χ4v) is 14.2. The van der Waals surface area contributed by atoms with Crippen molar-refractivity contribution >= 4 is 70.9 Å². The van der Waals surface area contributed by atoms with Crippen molar-refractivity contribution in [2.75, 3.05) is 78.5 Å². The maximum Gasteiger partial charge on any atom is 0.242 e. The molecule has 0 heterocycles. The number of amides is 12. The molecule has 27 N–H and O–H groups in total. The first kappa shape index (κ1) is 112. The number of nitrogens with one attached hydrogen (secondary N) is 11. The van der Waals surface area contributed by atoms with E-state index in [1.807, 2.05) is 0 Å². The smallest absolute Gasteiger partial charge is 0.242 e. The molecule has 0 aromatic rings. The second-order valence-corrected chi connectivity index (χ2v) is 32.6. The number of rotatable bonds is 87. The minimum atomic E-state index is -0.683. The van der Waals surface area contributed by atoms with E-state index in [0.29, 0.717) is 200 Å². The molecule has 0 aliphatic carbocycles. The second-order valence-electron chi connectivity index (χ2n) is 32.6. The van der Waals surface area contributed by atoms with E-state index in [1.54, 1.807) is 0 Å². The van der Waals surface area contributed by atoms with E-state index in [4.69, 9.17) is 45.9 Å². The van der Waals surface area contributed by atoms with Gasteiger partial charge in [0.2, 0.25) is 70.9 Å². The molecule has 0 aromatic carbocycles. The number of nitrogens with two attached hydrogens (primary N) is 8. The Morgan fingerprint density at radius 1 is 0.168 bits per heavy atom. The zero-order chi connectivity index (χ0) is 87.7. The number of carbonyl (C=O) groups is 12. The molecule has 0 saturated heterocycles. The fourth-order valence-electron chi connectivity index (χ4n) is 14.2. The Balaban J connectivity index is 4.61. The molecule has 0 radical (unpaired) electrons. The monoisotopic (exact) mass is 1690 g/mol. The number of hydrogen-bond donors (Lipinski definition) is 19. The van der Waals surface area contributed by atoms with Crippen molar-refractivity contribution in [2.24, 2.45) is 45.9 Å². The van der Waals surface area contributed by atoms with Crippen LogP contribution in [-0.4, -0.2) is 186 Å². The van der Waals surface area contributed by atoms with Crippen LogP contribution in [0.1, 0.15) is 372 Å². The van der Waals surface area contributed by atoms with E-state index in [1.165, 1.54) is 32.1 Å². The largest absolute Gasteiger partial charge is 0.368 e. The molecule has 0 unspecified atom stereocenters. The molecule has 0 spiro atoms. The van der Waals surface area contributed by atoms with E-state index in [0.717, 1.165) is 206 Å². The lowest BCUT2D eigenvalue weighted by atomic mass is 10.1.